The lowest BCUT2D eigenvalue weighted by Gasteiger charge is -2.21. The Hall–Kier alpha value is -2.41. The number of hydrogen-bond donors (Lipinski definition) is 2. The molecule has 1 aromatic carbocycles. The molecule has 0 aliphatic carbocycles. The lowest BCUT2D eigenvalue weighted by Crippen LogP contribution is -2.43. The first kappa shape index (κ1) is 18.6. The second kappa shape index (κ2) is 8.28. The van der Waals surface area contributed by atoms with Crippen LogP contribution in [0, 0.1) is 0 Å². The molecule has 0 unspecified atom stereocenters. The largest absolute Gasteiger partial charge is 0.459 e. The van der Waals surface area contributed by atoms with Gasteiger partial charge in [0.15, 0.2) is 6.61 Å². The first-order chi connectivity index (χ1) is 10.7. The number of nitrogens with one attached hydrogen (secondary N) is 2. The molecule has 1 radical (unpaired) electrons. The molecule has 0 heterocycles. The number of amides is 2. The molecule has 2 amide bonds. The van der Waals surface area contributed by atoms with Crippen LogP contribution in [0.25, 0.3) is 0 Å². The summed E-state index contributed by atoms with van der Waals surface area (Å²) in [6.45, 7) is 3.84. The number of rotatable bonds is 6. The highest BCUT2D eigenvalue weighted by molar-refractivity contribution is 5.90. The van der Waals surface area contributed by atoms with Crippen LogP contribution in [0.15, 0.2) is 30.3 Å². The van der Waals surface area contributed by atoms with E-state index in [-0.39, 0.29) is 6.54 Å². The number of carbonyl (C=O) groups excluding carboxylic acids is 3. The maximum atomic E-state index is 12.2. The summed E-state index contributed by atoms with van der Waals surface area (Å²) >= 11 is 0. The fourth-order valence-corrected chi connectivity index (χ4v) is 1.79. The van der Waals surface area contributed by atoms with Crippen LogP contribution >= 0.6 is 0 Å². The van der Waals surface area contributed by atoms with Gasteiger partial charge < -0.3 is 15.4 Å². The predicted molar refractivity (Wildman–Crippen MR) is 81.7 cm³/mol. The Labute approximate surface area is 135 Å². The summed E-state index contributed by atoms with van der Waals surface area (Å²) < 4.78 is 5.08. The van der Waals surface area contributed by atoms with E-state index in [0.717, 1.165) is 0 Å². The molecule has 0 spiro atoms. The molecule has 7 heteroatoms. The summed E-state index contributed by atoms with van der Waals surface area (Å²) in [7, 11) is 0. The number of esters is 1. The van der Waals surface area contributed by atoms with Crippen LogP contribution in [0.3, 0.4) is 0 Å². The van der Waals surface area contributed by atoms with Gasteiger partial charge in [-0.1, -0.05) is 30.3 Å². The van der Waals surface area contributed by atoms with E-state index >= 15 is 0 Å². The van der Waals surface area contributed by atoms with Crippen molar-refractivity contribution in [1.29, 1.82) is 0 Å². The van der Waals surface area contributed by atoms with Crippen LogP contribution in [-0.2, 0) is 24.2 Å². The summed E-state index contributed by atoms with van der Waals surface area (Å²) in [6, 6.07) is 7.40. The topological polar surface area (TPSA) is 104 Å². The minimum atomic E-state index is -1.04. The summed E-state index contributed by atoms with van der Waals surface area (Å²) in [6.07, 6.45) is 0. The quantitative estimate of drug-likeness (QED) is 0.754. The summed E-state index contributed by atoms with van der Waals surface area (Å²) in [4.78, 5) is 35.2. The zero-order chi connectivity index (χ0) is 17.5. The van der Waals surface area contributed by atoms with Gasteiger partial charge in [-0.05, 0) is 26.3 Å². The van der Waals surface area contributed by atoms with Crippen LogP contribution in [0.5, 0.6) is 0 Å². The third kappa shape index (κ3) is 6.92. The lowest BCUT2D eigenvalue weighted by molar-refractivity contribution is -0.154. The van der Waals surface area contributed by atoms with Crippen LogP contribution in [0.1, 0.15) is 32.4 Å². The summed E-state index contributed by atoms with van der Waals surface area (Å²) in [5, 5.41) is 15.4. The Bertz CT molecular complexity index is 551. The average molecular weight is 321 g/mol. The maximum absolute atomic E-state index is 12.2. The van der Waals surface area contributed by atoms with Crippen molar-refractivity contribution in [1.82, 2.24) is 10.6 Å². The molecule has 1 rings (SSSR count). The fourth-order valence-electron chi connectivity index (χ4n) is 1.79. The number of ether oxygens (including phenoxy) is 1. The van der Waals surface area contributed by atoms with Crippen LogP contribution in [-0.4, -0.2) is 36.5 Å². The smallest absolute Gasteiger partial charge is 0.325 e. The van der Waals surface area contributed by atoms with Gasteiger partial charge in [-0.25, -0.2) is 5.11 Å². The summed E-state index contributed by atoms with van der Waals surface area (Å²) in [5.74, 6) is -1.98. The minimum Gasteiger partial charge on any atom is -0.459 e. The molecule has 1 atom stereocenters. The molecule has 0 fully saturated rings. The molecule has 0 aromatic heterocycles. The van der Waals surface area contributed by atoms with Crippen molar-refractivity contribution in [3.05, 3.63) is 35.9 Å². The Balaban J connectivity index is 2.73. The highest BCUT2D eigenvalue weighted by Gasteiger charge is 2.24. The first-order valence-electron chi connectivity index (χ1n) is 7.15. The van der Waals surface area contributed by atoms with Crippen molar-refractivity contribution in [2.75, 3.05) is 13.2 Å². The third-order valence-electron chi connectivity index (χ3n) is 2.66. The standard InChI is InChI=1S/C16H21N2O5/c1-16(2,3)23-13(21)9-17-15(22)14(18-12(20)10-19)11-7-5-4-6-8-11/h4-8,14H,9-10H2,1-3H3,(H,17,22)(H,18,20)/t14-/m1/s1. The first-order valence-corrected chi connectivity index (χ1v) is 7.15. The Morgan fingerprint density at radius 2 is 1.74 bits per heavy atom. The SMILES string of the molecule is CC(C)(C)OC(=O)CNC(=O)[C@H](NC(=O)C[O])c1ccccc1. The van der Waals surface area contributed by atoms with Crippen LogP contribution in [0.2, 0.25) is 0 Å². The van der Waals surface area contributed by atoms with Gasteiger partial charge in [0.2, 0.25) is 11.8 Å². The van der Waals surface area contributed by atoms with E-state index in [2.05, 4.69) is 10.6 Å². The van der Waals surface area contributed by atoms with E-state index in [1.54, 1.807) is 51.1 Å². The van der Waals surface area contributed by atoms with Crippen LogP contribution in [0.4, 0.5) is 0 Å². The second-order valence-electron chi connectivity index (χ2n) is 5.86. The van der Waals surface area contributed by atoms with Crippen molar-refractivity contribution in [3.8, 4) is 0 Å². The average Bonchev–Trinajstić information content (AvgIpc) is 2.49. The van der Waals surface area contributed by atoms with Gasteiger partial charge in [0.1, 0.15) is 18.2 Å². The molecule has 2 N–H and O–H groups in total. The summed E-state index contributed by atoms with van der Waals surface area (Å²) in [5.41, 5.74) is -0.145. The van der Waals surface area contributed by atoms with Crippen molar-refractivity contribution in [2.24, 2.45) is 0 Å². The van der Waals surface area contributed by atoms with E-state index in [9.17, 15) is 19.5 Å². The zero-order valence-corrected chi connectivity index (χ0v) is 13.4. The van der Waals surface area contributed by atoms with E-state index in [1.165, 1.54) is 0 Å². The molecular formula is C16H21N2O5. The van der Waals surface area contributed by atoms with E-state index in [4.69, 9.17) is 4.74 Å². The number of benzene rings is 1. The van der Waals surface area contributed by atoms with Gasteiger partial charge in [-0.3, -0.25) is 14.4 Å². The van der Waals surface area contributed by atoms with E-state index < -0.39 is 36.0 Å². The minimum absolute atomic E-state index is 0.327. The van der Waals surface area contributed by atoms with Gasteiger partial charge >= 0.3 is 5.97 Å². The number of carbonyl (C=O) groups is 3. The molecular weight excluding hydrogens is 300 g/mol. The lowest BCUT2D eigenvalue weighted by atomic mass is 10.1. The fraction of sp³-hybridized carbons (Fsp3) is 0.438. The van der Waals surface area contributed by atoms with Gasteiger partial charge in [-0.2, -0.15) is 0 Å². The van der Waals surface area contributed by atoms with Gasteiger partial charge in [0, 0.05) is 0 Å². The maximum Gasteiger partial charge on any atom is 0.325 e. The normalized spacial score (nSPS) is 12.2. The molecule has 7 nitrogen and oxygen atoms in total. The predicted octanol–water partition coefficient (Wildman–Crippen LogP) is 0.732. The Kier molecular flexibility index (Phi) is 6.71. The van der Waals surface area contributed by atoms with Crippen LogP contribution < -0.4 is 10.6 Å². The third-order valence-corrected chi connectivity index (χ3v) is 2.66. The van der Waals surface area contributed by atoms with Gasteiger partial charge in [-0.15, -0.1) is 0 Å². The number of hydrogen-bond acceptors (Lipinski definition) is 4. The molecule has 23 heavy (non-hydrogen) atoms. The molecule has 0 bridgehead atoms. The molecule has 0 saturated heterocycles. The van der Waals surface area contributed by atoms with Gasteiger partial charge in [0.05, 0.1) is 0 Å². The van der Waals surface area contributed by atoms with E-state index in [1.807, 2.05) is 0 Å². The molecule has 0 saturated carbocycles. The van der Waals surface area contributed by atoms with E-state index in [0.29, 0.717) is 5.56 Å². The Morgan fingerprint density at radius 3 is 2.26 bits per heavy atom. The van der Waals surface area contributed by atoms with Crippen molar-refractivity contribution in [3.63, 3.8) is 0 Å². The molecule has 0 aliphatic rings. The Morgan fingerprint density at radius 1 is 1.13 bits per heavy atom. The molecule has 125 valence electrons. The van der Waals surface area contributed by atoms with Crippen molar-refractivity contribution >= 4 is 17.8 Å². The highest BCUT2D eigenvalue weighted by atomic mass is 16.6. The van der Waals surface area contributed by atoms with Gasteiger partial charge in [0.25, 0.3) is 0 Å². The highest BCUT2D eigenvalue weighted by Crippen LogP contribution is 2.13. The zero-order valence-electron chi connectivity index (χ0n) is 13.4. The van der Waals surface area contributed by atoms with Crippen molar-refractivity contribution < 1.29 is 24.2 Å². The monoisotopic (exact) mass is 321 g/mol. The van der Waals surface area contributed by atoms with Crippen molar-refractivity contribution in [2.45, 2.75) is 32.4 Å². The second-order valence-corrected chi connectivity index (χ2v) is 5.86. The molecule has 1 aromatic rings. The molecule has 0 aliphatic heterocycles.